The Labute approximate surface area is 262 Å². The Balaban J connectivity index is 1.12. The number of anilines is 1. The number of benzene rings is 3. The van der Waals surface area contributed by atoms with E-state index in [0.717, 1.165) is 23.1 Å². The predicted octanol–water partition coefficient (Wildman–Crippen LogP) is 6.09. The van der Waals surface area contributed by atoms with Crippen molar-refractivity contribution in [2.24, 2.45) is 5.10 Å². The number of nitro benzene ring substituents is 1. The monoisotopic (exact) mass is 625 g/mol. The molecule has 0 atom stereocenters. The second kappa shape index (κ2) is 14.0. The number of hydrazone groups is 1. The molecule has 0 aliphatic heterocycles. The van der Waals surface area contributed by atoms with Gasteiger partial charge in [-0.05, 0) is 92.7 Å². The number of hydrogen-bond donors (Lipinski definition) is 2. The van der Waals surface area contributed by atoms with Crippen molar-refractivity contribution in [2.75, 3.05) is 11.9 Å². The molecule has 0 aliphatic rings. The molecule has 3 aromatic carbocycles. The zero-order chi connectivity index (χ0) is 32.6. The molecule has 46 heavy (non-hydrogen) atoms. The van der Waals surface area contributed by atoms with Gasteiger partial charge in [0.05, 0.1) is 11.1 Å². The summed E-state index contributed by atoms with van der Waals surface area (Å²) >= 11 is 0. The standard InChI is InChI=1S/C33H28FN5O7/c1-21-6-7-22(2)38(21)26-9-11-27(12-10-26)44-19-28-13-15-31(46-28)33(41)37-35-18-23-8-14-30(29(16-23)39(42)43)45-20-32(40)36-25-5-3-4-24(34)17-25/h3-18H,19-20H2,1-2H3,(H,36,40)(H,37,41)/b35-18+. The Kier molecular flexibility index (Phi) is 9.51. The van der Waals surface area contributed by atoms with Crippen LogP contribution in [0.5, 0.6) is 11.5 Å². The molecular formula is C33H28FN5O7. The predicted molar refractivity (Wildman–Crippen MR) is 167 cm³/mol. The van der Waals surface area contributed by atoms with Crippen molar-refractivity contribution in [1.29, 1.82) is 0 Å². The van der Waals surface area contributed by atoms with E-state index in [9.17, 15) is 24.1 Å². The SMILES string of the molecule is Cc1ccc(C)n1-c1ccc(OCc2ccc(C(=O)N/N=C/c3ccc(OCC(=O)Nc4cccc(F)c4)c([N+](=O)[O-])c3)o2)cc1. The summed E-state index contributed by atoms with van der Waals surface area (Å²) in [7, 11) is 0. The van der Waals surface area contributed by atoms with Crippen molar-refractivity contribution in [1.82, 2.24) is 9.99 Å². The lowest BCUT2D eigenvalue weighted by Crippen LogP contribution is -2.20. The van der Waals surface area contributed by atoms with Gasteiger partial charge >= 0.3 is 11.6 Å². The quantitative estimate of drug-likeness (QED) is 0.0967. The molecule has 2 N–H and O–H groups in total. The lowest BCUT2D eigenvalue weighted by molar-refractivity contribution is -0.385. The van der Waals surface area contributed by atoms with E-state index in [4.69, 9.17) is 13.9 Å². The lowest BCUT2D eigenvalue weighted by atomic mass is 10.2. The highest BCUT2D eigenvalue weighted by molar-refractivity contribution is 5.93. The van der Waals surface area contributed by atoms with Crippen LogP contribution in [0.15, 0.2) is 101 Å². The van der Waals surface area contributed by atoms with Crippen LogP contribution < -0.4 is 20.2 Å². The van der Waals surface area contributed by atoms with E-state index < -0.39 is 34.8 Å². The first kappa shape index (κ1) is 31.2. The molecule has 0 radical (unpaired) electrons. The maximum atomic E-state index is 13.3. The van der Waals surface area contributed by atoms with E-state index in [2.05, 4.69) is 32.5 Å². The van der Waals surface area contributed by atoms with E-state index in [1.807, 2.05) is 38.1 Å². The zero-order valence-corrected chi connectivity index (χ0v) is 24.7. The van der Waals surface area contributed by atoms with Gasteiger partial charge in [-0.15, -0.1) is 0 Å². The molecule has 0 saturated carbocycles. The Bertz CT molecular complexity index is 1890. The molecule has 0 bridgehead atoms. The number of ether oxygens (including phenoxy) is 2. The van der Waals surface area contributed by atoms with Crippen molar-refractivity contribution in [2.45, 2.75) is 20.5 Å². The number of hydrogen-bond acceptors (Lipinski definition) is 8. The maximum absolute atomic E-state index is 13.3. The maximum Gasteiger partial charge on any atom is 0.311 e. The first-order valence-electron chi connectivity index (χ1n) is 13.9. The Morgan fingerprint density at radius 2 is 1.74 bits per heavy atom. The van der Waals surface area contributed by atoms with Crippen molar-refractivity contribution in [3.63, 3.8) is 0 Å². The molecule has 0 fully saturated rings. The van der Waals surface area contributed by atoms with Gasteiger partial charge in [-0.25, -0.2) is 9.82 Å². The molecule has 0 spiro atoms. The smallest absolute Gasteiger partial charge is 0.311 e. The number of carbonyl (C=O) groups excluding carboxylic acids is 2. The number of aryl methyl sites for hydroxylation is 2. The highest BCUT2D eigenvalue weighted by Gasteiger charge is 2.17. The highest BCUT2D eigenvalue weighted by Crippen LogP contribution is 2.28. The van der Waals surface area contributed by atoms with E-state index in [1.165, 1.54) is 48.7 Å². The van der Waals surface area contributed by atoms with E-state index in [-0.39, 0.29) is 29.4 Å². The lowest BCUT2D eigenvalue weighted by Gasteiger charge is -2.10. The topological polar surface area (TPSA) is 150 Å². The molecular weight excluding hydrogens is 597 g/mol. The Morgan fingerprint density at radius 3 is 2.46 bits per heavy atom. The van der Waals surface area contributed by atoms with E-state index in [1.54, 1.807) is 6.07 Å². The summed E-state index contributed by atoms with van der Waals surface area (Å²) in [5, 5.41) is 17.9. The molecule has 2 aromatic heterocycles. The zero-order valence-electron chi connectivity index (χ0n) is 24.7. The van der Waals surface area contributed by atoms with Crippen LogP contribution in [0.4, 0.5) is 15.8 Å². The van der Waals surface area contributed by atoms with Crippen molar-refractivity contribution in [3.8, 4) is 17.2 Å². The number of rotatable bonds is 12. The number of nitro groups is 1. The minimum Gasteiger partial charge on any atom is -0.486 e. The van der Waals surface area contributed by atoms with Crippen LogP contribution in [0.1, 0.15) is 33.3 Å². The third-order valence-electron chi connectivity index (χ3n) is 6.66. The van der Waals surface area contributed by atoms with Gasteiger partial charge in [-0.2, -0.15) is 5.10 Å². The molecule has 0 aliphatic carbocycles. The first-order valence-corrected chi connectivity index (χ1v) is 13.9. The number of amides is 2. The number of carbonyl (C=O) groups is 2. The van der Waals surface area contributed by atoms with Crippen LogP contribution in [-0.4, -0.2) is 34.1 Å². The van der Waals surface area contributed by atoms with Gasteiger partial charge in [0.1, 0.15) is 23.9 Å². The number of nitrogens with zero attached hydrogens (tertiary/aromatic N) is 3. The number of halogens is 1. The molecule has 5 rings (SSSR count). The normalized spacial score (nSPS) is 10.9. The van der Waals surface area contributed by atoms with Crippen LogP contribution in [0, 0.1) is 29.8 Å². The summed E-state index contributed by atoms with van der Waals surface area (Å²) in [6, 6.07) is 24.0. The van der Waals surface area contributed by atoms with Gasteiger partial charge < -0.3 is 23.8 Å². The number of nitrogens with one attached hydrogen (secondary N) is 2. The number of furan rings is 1. The minimum atomic E-state index is -0.680. The molecule has 234 valence electrons. The number of aromatic nitrogens is 1. The van der Waals surface area contributed by atoms with E-state index in [0.29, 0.717) is 11.5 Å². The van der Waals surface area contributed by atoms with Gasteiger partial charge in [0.25, 0.3) is 5.91 Å². The van der Waals surface area contributed by atoms with Gasteiger partial charge in [-0.3, -0.25) is 19.7 Å². The van der Waals surface area contributed by atoms with Crippen LogP contribution >= 0.6 is 0 Å². The molecule has 12 nitrogen and oxygen atoms in total. The molecule has 13 heteroatoms. The largest absolute Gasteiger partial charge is 0.486 e. The Morgan fingerprint density at radius 1 is 0.978 bits per heavy atom. The summed E-state index contributed by atoms with van der Waals surface area (Å²) in [5.74, 6) is -0.902. The fraction of sp³-hybridized carbons (Fsp3) is 0.121. The highest BCUT2D eigenvalue weighted by atomic mass is 19.1. The van der Waals surface area contributed by atoms with E-state index >= 15 is 0 Å². The second-order valence-electron chi connectivity index (χ2n) is 10.0. The van der Waals surface area contributed by atoms with Crippen LogP contribution in [0.25, 0.3) is 5.69 Å². The fourth-order valence-electron chi connectivity index (χ4n) is 4.51. The molecule has 5 aromatic rings. The first-order chi connectivity index (χ1) is 22.2. The third-order valence-corrected chi connectivity index (χ3v) is 6.66. The summed E-state index contributed by atoms with van der Waals surface area (Å²) in [6.07, 6.45) is 1.21. The minimum absolute atomic E-state index is 0.00379. The summed E-state index contributed by atoms with van der Waals surface area (Å²) < 4.78 is 32.1. The molecule has 2 amide bonds. The second-order valence-corrected chi connectivity index (χ2v) is 10.0. The van der Waals surface area contributed by atoms with Crippen molar-refractivity contribution in [3.05, 3.63) is 135 Å². The van der Waals surface area contributed by atoms with Crippen molar-refractivity contribution >= 4 is 29.4 Å². The third kappa shape index (κ3) is 7.82. The average molecular weight is 626 g/mol. The van der Waals surface area contributed by atoms with Gasteiger partial charge in [0, 0.05) is 34.4 Å². The van der Waals surface area contributed by atoms with Crippen molar-refractivity contribution < 1.29 is 32.8 Å². The summed E-state index contributed by atoms with van der Waals surface area (Å²) in [5.41, 5.74) is 5.66. The molecule has 0 saturated heterocycles. The Hall–Kier alpha value is -6.24. The van der Waals surface area contributed by atoms with Crippen LogP contribution in [0.3, 0.4) is 0 Å². The fourth-order valence-corrected chi connectivity index (χ4v) is 4.51. The summed E-state index contributed by atoms with van der Waals surface area (Å²) in [4.78, 5) is 35.6. The summed E-state index contributed by atoms with van der Waals surface area (Å²) in [6.45, 7) is 3.63. The molecule has 0 unspecified atom stereocenters. The van der Waals surface area contributed by atoms with Gasteiger partial charge in [0.2, 0.25) is 0 Å². The van der Waals surface area contributed by atoms with Gasteiger partial charge in [-0.1, -0.05) is 6.07 Å². The van der Waals surface area contributed by atoms with Gasteiger partial charge in [0.15, 0.2) is 18.1 Å². The van der Waals surface area contributed by atoms with Crippen LogP contribution in [0.2, 0.25) is 0 Å². The van der Waals surface area contributed by atoms with Crippen LogP contribution in [-0.2, 0) is 11.4 Å². The molecule has 2 heterocycles. The average Bonchev–Trinajstić information content (AvgIpc) is 3.65.